The standard InChI is InChI=1S/C27H40N4O3/c1-16(2)24(30-27(33)34-3)26(32)31-22-11-7-6-10-19(22)15-23(31)25-28-20-13-12-18(14-21(20)29-25)17-8-4-5-9-17/h12-14,16-17,19,22-24,27,30,33H,4-11,15H2,1-3H3,(H,28,29)/t19-,22-,23-,24-,27?/m0/s1. The number of methoxy groups -OCH3 is 1. The first-order valence-electron chi connectivity index (χ1n) is 13.2. The number of amides is 1. The topological polar surface area (TPSA) is 90.5 Å². The van der Waals surface area contributed by atoms with Crippen LogP contribution < -0.4 is 5.32 Å². The number of aliphatic hydroxyl groups is 1. The van der Waals surface area contributed by atoms with Crippen LogP contribution in [0.3, 0.4) is 0 Å². The number of aromatic amines is 1. The summed E-state index contributed by atoms with van der Waals surface area (Å²) in [5.74, 6) is 2.12. The summed E-state index contributed by atoms with van der Waals surface area (Å²) < 4.78 is 5.01. The molecule has 34 heavy (non-hydrogen) atoms. The lowest BCUT2D eigenvalue weighted by atomic mass is 9.84. The summed E-state index contributed by atoms with van der Waals surface area (Å²) in [6, 6.07) is 6.32. The summed E-state index contributed by atoms with van der Waals surface area (Å²) >= 11 is 0. The first kappa shape index (κ1) is 23.8. The number of nitrogens with zero attached hydrogens (tertiary/aromatic N) is 2. The Balaban J connectivity index is 1.47. The summed E-state index contributed by atoms with van der Waals surface area (Å²) in [5.41, 5.74) is 3.47. The van der Waals surface area contributed by atoms with E-state index < -0.39 is 12.5 Å². The molecule has 7 nitrogen and oxygen atoms in total. The number of aromatic nitrogens is 2. The second-order valence-corrected chi connectivity index (χ2v) is 11.0. The number of H-pyrrole nitrogens is 1. The molecule has 186 valence electrons. The molecule has 2 aromatic rings. The Kier molecular flexibility index (Phi) is 6.96. The van der Waals surface area contributed by atoms with Crippen LogP contribution in [-0.2, 0) is 9.53 Å². The predicted octanol–water partition coefficient (Wildman–Crippen LogP) is 4.59. The van der Waals surface area contributed by atoms with Crippen molar-refractivity contribution in [1.29, 1.82) is 0 Å². The molecule has 1 saturated heterocycles. The van der Waals surface area contributed by atoms with Crippen LogP contribution in [0.1, 0.15) is 95.0 Å². The molecule has 1 unspecified atom stereocenters. The normalized spacial score (nSPS) is 27.4. The van der Waals surface area contributed by atoms with Gasteiger partial charge in [0.25, 0.3) is 0 Å². The first-order valence-corrected chi connectivity index (χ1v) is 13.2. The fraction of sp³-hybridized carbons (Fsp3) is 0.704. The Morgan fingerprint density at radius 3 is 2.65 bits per heavy atom. The monoisotopic (exact) mass is 468 g/mol. The van der Waals surface area contributed by atoms with Gasteiger partial charge in [-0.25, -0.2) is 4.98 Å². The van der Waals surface area contributed by atoms with Gasteiger partial charge in [0.2, 0.25) is 12.3 Å². The van der Waals surface area contributed by atoms with Gasteiger partial charge in [-0.2, -0.15) is 0 Å². The number of likely N-dealkylation sites (tertiary alicyclic amines) is 1. The van der Waals surface area contributed by atoms with Gasteiger partial charge in [0, 0.05) is 13.2 Å². The highest BCUT2D eigenvalue weighted by molar-refractivity contribution is 5.83. The average Bonchev–Trinajstić information content (AvgIpc) is 3.58. The largest absolute Gasteiger partial charge is 0.356 e. The number of aliphatic hydroxyl groups excluding tert-OH is 1. The maximum atomic E-state index is 14.0. The van der Waals surface area contributed by atoms with Gasteiger partial charge in [-0.15, -0.1) is 0 Å². The molecule has 3 fully saturated rings. The van der Waals surface area contributed by atoms with E-state index in [4.69, 9.17) is 9.72 Å². The van der Waals surface area contributed by atoms with E-state index in [2.05, 4.69) is 33.4 Å². The van der Waals surface area contributed by atoms with E-state index in [0.717, 1.165) is 42.5 Å². The van der Waals surface area contributed by atoms with Gasteiger partial charge in [-0.1, -0.05) is 45.6 Å². The number of benzene rings is 1. The van der Waals surface area contributed by atoms with Crippen LogP contribution in [0, 0.1) is 11.8 Å². The molecule has 3 aliphatic rings. The van der Waals surface area contributed by atoms with E-state index in [0.29, 0.717) is 11.8 Å². The molecule has 5 rings (SSSR count). The summed E-state index contributed by atoms with van der Waals surface area (Å²) in [7, 11) is 1.43. The number of imidazole rings is 1. The molecule has 1 aliphatic heterocycles. The van der Waals surface area contributed by atoms with Crippen LogP contribution in [0.4, 0.5) is 0 Å². The van der Waals surface area contributed by atoms with Crippen molar-refractivity contribution in [3.63, 3.8) is 0 Å². The van der Waals surface area contributed by atoms with E-state index in [9.17, 15) is 9.90 Å². The third kappa shape index (κ3) is 4.50. The SMILES string of the molecule is COC(O)N[C@H](C(=O)N1[C@H](c2nc3ccc(C4CCCC4)cc3[nH]2)C[C@@H]2CCCC[C@@H]21)C(C)C. The number of fused-ring (bicyclic) bond motifs is 2. The van der Waals surface area contributed by atoms with Crippen LogP contribution in [0.5, 0.6) is 0 Å². The van der Waals surface area contributed by atoms with Gasteiger partial charge in [0.15, 0.2) is 0 Å². The Morgan fingerprint density at radius 1 is 1.18 bits per heavy atom. The summed E-state index contributed by atoms with van der Waals surface area (Å²) in [6.07, 6.45) is 9.56. The number of hydrogen-bond acceptors (Lipinski definition) is 5. The molecule has 0 spiro atoms. The minimum Gasteiger partial charge on any atom is -0.356 e. The van der Waals surface area contributed by atoms with E-state index in [1.165, 1.54) is 44.8 Å². The molecule has 1 aromatic heterocycles. The Labute approximate surface area is 202 Å². The minimum atomic E-state index is -1.17. The molecule has 0 bridgehead atoms. The van der Waals surface area contributed by atoms with Gasteiger partial charge in [0.05, 0.1) is 23.1 Å². The fourth-order valence-corrected chi connectivity index (χ4v) is 6.67. The van der Waals surface area contributed by atoms with Gasteiger partial charge in [0.1, 0.15) is 5.82 Å². The van der Waals surface area contributed by atoms with Gasteiger partial charge in [-0.3, -0.25) is 10.1 Å². The van der Waals surface area contributed by atoms with Crippen LogP contribution in [0.25, 0.3) is 11.0 Å². The Bertz CT molecular complexity index is 999. The molecule has 2 saturated carbocycles. The summed E-state index contributed by atoms with van der Waals surface area (Å²) in [4.78, 5) is 24.7. The van der Waals surface area contributed by atoms with Crippen LogP contribution in [0.2, 0.25) is 0 Å². The lowest BCUT2D eigenvalue weighted by Gasteiger charge is -2.37. The average molecular weight is 469 g/mol. The molecule has 1 amide bonds. The number of carbonyl (C=O) groups is 1. The highest BCUT2D eigenvalue weighted by Gasteiger charge is 2.48. The lowest BCUT2D eigenvalue weighted by Crippen LogP contribution is -2.55. The van der Waals surface area contributed by atoms with Crippen LogP contribution in [0.15, 0.2) is 18.2 Å². The maximum absolute atomic E-state index is 14.0. The maximum Gasteiger partial charge on any atom is 0.241 e. The van der Waals surface area contributed by atoms with E-state index in [1.54, 1.807) is 0 Å². The molecule has 2 aliphatic carbocycles. The second kappa shape index (κ2) is 9.96. The fourth-order valence-electron chi connectivity index (χ4n) is 6.67. The van der Waals surface area contributed by atoms with Gasteiger partial charge < -0.3 is 19.7 Å². The third-order valence-corrected chi connectivity index (χ3v) is 8.49. The Morgan fingerprint density at radius 2 is 1.91 bits per heavy atom. The molecule has 7 heteroatoms. The van der Waals surface area contributed by atoms with Gasteiger partial charge in [-0.05, 0) is 67.6 Å². The zero-order valence-corrected chi connectivity index (χ0v) is 20.8. The van der Waals surface area contributed by atoms with Crippen molar-refractivity contribution in [2.24, 2.45) is 11.8 Å². The lowest BCUT2D eigenvalue weighted by molar-refractivity contribution is -0.147. The number of nitrogens with one attached hydrogen (secondary N) is 2. The van der Waals surface area contributed by atoms with E-state index in [-0.39, 0.29) is 23.9 Å². The van der Waals surface area contributed by atoms with Crippen molar-refractivity contribution in [3.8, 4) is 0 Å². The van der Waals surface area contributed by atoms with Crippen molar-refractivity contribution in [2.45, 2.75) is 102 Å². The quantitative estimate of drug-likeness (QED) is 0.517. The van der Waals surface area contributed by atoms with Crippen molar-refractivity contribution >= 4 is 16.9 Å². The highest BCUT2D eigenvalue weighted by atomic mass is 16.6. The third-order valence-electron chi connectivity index (χ3n) is 8.49. The molecule has 0 radical (unpaired) electrons. The molecule has 2 heterocycles. The number of carbonyl (C=O) groups excluding carboxylic acids is 1. The van der Waals surface area contributed by atoms with E-state index in [1.807, 2.05) is 13.8 Å². The van der Waals surface area contributed by atoms with Gasteiger partial charge >= 0.3 is 0 Å². The van der Waals surface area contributed by atoms with Crippen LogP contribution in [-0.4, -0.2) is 51.5 Å². The van der Waals surface area contributed by atoms with Crippen molar-refractivity contribution in [3.05, 3.63) is 29.6 Å². The molecule has 5 atom stereocenters. The Hall–Kier alpha value is -1.96. The number of rotatable bonds is 7. The van der Waals surface area contributed by atoms with Crippen molar-refractivity contribution in [1.82, 2.24) is 20.2 Å². The highest BCUT2D eigenvalue weighted by Crippen LogP contribution is 2.46. The van der Waals surface area contributed by atoms with E-state index >= 15 is 0 Å². The van der Waals surface area contributed by atoms with Crippen molar-refractivity contribution in [2.75, 3.05) is 7.11 Å². The smallest absolute Gasteiger partial charge is 0.241 e. The minimum absolute atomic E-state index is 0.0187. The first-order chi connectivity index (χ1) is 16.5. The molecule has 3 N–H and O–H groups in total. The summed E-state index contributed by atoms with van der Waals surface area (Å²) in [5, 5.41) is 13.1. The summed E-state index contributed by atoms with van der Waals surface area (Å²) in [6.45, 7) is 4.01. The van der Waals surface area contributed by atoms with Crippen LogP contribution >= 0.6 is 0 Å². The van der Waals surface area contributed by atoms with Crippen molar-refractivity contribution < 1.29 is 14.6 Å². The molecule has 1 aromatic carbocycles. The second-order valence-electron chi connectivity index (χ2n) is 11.0. The zero-order valence-electron chi connectivity index (χ0n) is 20.8. The predicted molar refractivity (Wildman–Crippen MR) is 132 cm³/mol. The zero-order chi connectivity index (χ0) is 23.8. The molecular weight excluding hydrogens is 428 g/mol. The molecular formula is C27H40N4O3. The number of ether oxygens (including phenoxy) is 1. The number of hydrogen-bond donors (Lipinski definition) is 3.